The first-order chi connectivity index (χ1) is 14.1. The number of primary sulfonamides is 1. The van der Waals surface area contributed by atoms with Gasteiger partial charge in [-0.05, 0) is 41.0 Å². The highest BCUT2D eigenvalue weighted by atomic mass is 32.2. The second-order valence-electron chi connectivity index (χ2n) is 6.81. The van der Waals surface area contributed by atoms with Crippen LogP contribution in [-0.2, 0) is 29.1 Å². The smallest absolute Gasteiger partial charge is 0.323 e. The average Bonchev–Trinajstić information content (AvgIpc) is 3.14. The van der Waals surface area contributed by atoms with Gasteiger partial charge in [-0.3, -0.25) is 14.6 Å². The Bertz CT molecular complexity index is 1110. The van der Waals surface area contributed by atoms with Crippen molar-refractivity contribution in [1.82, 2.24) is 4.98 Å². The van der Waals surface area contributed by atoms with E-state index in [1.165, 1.54) is 50.6 Å². The van der Waals surface area contributed by atoms with Gasteiger partial charge in [-0.1, -0.05) is 12.1 Å². The first-order valence-corrected chi connectivity index (χ1v) is 10.3. The molecule has 0 spiro atoms. The Morgan fingerprint density at radius 2 is 1.57 bits per heavy atom. The zero-order valence-corrected chi connectivity index (χ0v) is 17.0. The fourth-order valence-electron chi connectivity index (χ4n) is 3.54. The van der Waals surface area contributed by atoms with E-state index < -0.39 is 33.2 Å². The third kappa shape index (κ3) is 3.83. The number of esters is 2. The number of sulfonamides is 1. The van der Waals surface area contributed by atoms with E-state index in [9.17, 15) is 22.4 Å². The second kappa shape index (κ2) is 7.96. The van der Waals surface area contributed by atoms with Gasteiger partial charge in [0.05, 0.1) is 19.9 Å². The molecule has 1 heterocycles. The van der Waals surface area contributed by atoms with E-state index in [1.54, 1.807) is 0 Å². The molecule has 2 aromatic rings. The minimum absolute atomic E-state index is 0.0497. The number of nitrogens with two attached hydrogens (primary N) is 1. The summed E-state index contributed by atoms with van der Waals surface area (Å²) in [6.07, 6.45) is 0.961. The molecule has 1 aliphatic carbocycles. The Balaban J connectivity index is 2.17. The molecule has 0 saturated heterocycles. The Morgan fingerprint density at radius 1 is 1.00 bits per heavy atom. The molecule has 8 nitrogen and oxygen atoms in total. The normalized spacial score (nSPS) is 15.7. The maximum Gasteiger partial charge on any atom is 0.323 e. The van der Waals surface area contributed by atoms with Gasteiger partial charge in [-0.15, -0.1) is 0 Å². The Labute approximate surface area is 172 Å². The lowest BCUT2D eigenvalue weighted by molar-refractivity contribution is -0.167. The molecule has 0 bridgehead atoms. The monoisotopic (exact) mass is 434 g/mol. The number of pyridine rings is 1. The second-order valence-corrected chi connectivity index (χ2v) is 8.37. The van der Waals surface area contributed by atoms with Crippen LogP contribution in [0.25, 0.3) is 11.1 Å². The number of hydrogen-bond acceptors (Lipinski definition) is 7. The summed E-state index contributed by atoms with van der Waals surface area (Å²) >= 11 is 0. The van der Waals surface area contributed by atoms with Crippen LogP contribution in [0, 0.1) is 11.2 Å². The van der Waals surface area contributed by atoms with Crippen LogP contribution in [0.5, 0.6) is 0 Å². The van der Waals surface area contributed by atoms with Gasteiger partial charge in [0.15, 0.2) is 5.41 Å². The molecule has 158 valence electrons. The summed E-state index contributed by atoms with van der Waals surface area (Å²) in [5.41, 5.74) is 0.373. The minimum atomic E-state index is -3.94. The molecule has 2 N–H and O–H groups in total. The number of aromatic nitrogens is 1. The molecule has 0 atom stereocenters. The molecule has 0 aliphatic heterocycles. The Morgan fingerprint density at radius 3 is 2.03 bits per heavy atom. The molecule has 10 heteroatoms. The van der Waals surface area contributed by atoms with Crippen molar-refractivity contribution in [3.63, 3.8) is 0 Å². The summed E-state index contributed by atoms with van der Waals surface area (Å²) in [4.78, 5) is 29.2. The summed E-state index contributed by atoms with van der Waals surface area (Å²) in [5, 5.41) is 5.11. The standard InChI is InChI=1S/C20H19FN2O6S/c1-28-18(24)20(19(25)29-2)9-15(12-3-5-13(21)6-4-12)16(10-20)17-8-7-14(11-23-17)30(22,26)27/h3-8,11H,9-10H2,1-2H3,(H2,22,26,27). The van der Waals surface area contributed by atoms with Crippen molar-refractivity contribution in [3.05, 3.63) is 59.7 Å². The third-order valence-corrected chi connectivity index (χ3v) is 5.94. The molecular formula is C20H19FN2O6S. The van der Waals surface area contributed by atoms with Crippen molar-refractivity contribution in [2.24, 2.45) is 10.6 Å². The molecule has 0 fully saturated rings. The number of carbonyl (C=O) groups is 2. The Hall–Kier alpha value is -3.11. The number of methoxy groups -OCH3 is 2. The lowest BCUT2D eigenvalue weighted by atomic mass is 9.83. The van der Waals surface area contributed by atoms with Crippen LogP contribution in [0.2, 0.25) is 0 Å². The molecule has 0 saturated carbocycles. The van der Waals surface area contributed by atoms with E-state index in [0.717, 1.165) is 6.20 Å². The Kier molecular flexibility index (Phi) is 5.73. The van der Waals surface area contributed by atoms with E-state index in [2.05, 4.69) is 4.98 Å². The highest BCUT2D eigenvalue weighted by Crippen LogP contribution is 2.51. The zero-order chi connectivity index (χ0) is 22.1. The molecule has 0 amide bonds. The van der Waals surface area contributed by atoms with Crippen LogP contribution < -0.4 is 5.14 Å². The molecule has 1 aliphatic rings. The van der Waals surface area contributed by atoms with Gasteiger partial charge in [0.1, 0.15) is 10.7 Å². The summed E-state index contributed by atoms with van der Waals surface area (Å²) in [7, 11) is -1.60. The molecule has 30 heavy (non-hydrogen) atoms. The van der Waals surface area contributed by atoms with Gasteiger partial charge in [-0.25, -0.2) is 17.9 Å². The highest BCUT2D eigenvalue weighted by molar-refractivity contribution is 7.89. The topological polar surface area (TPSA) is 126 Å². The van der Waals surface area contributed by atoms with Crippen molar-refractivity contribution < 1.29 is 31.9 Å². The van der Waals surface area contributed by atoms with Gasteiger partial charge in [0, 0.05) is 19.0 Å². The third-order valence-electron chi connectivity index (χ3n) is 5.04. The first kappa shape index (κ1) is 21.6. The average molecular weight is 434 g/mol. The van der Waals surface area contributed by atoms with Crippen LogP contribution in [0.15, 0.2) is 47.5 Å². The number of allylic oxidation sites excluding steroid dienone is 2. The van der Waals surface area contributed by atoms with E-state index >= 15 is 0 Å². The van der Waals surface area contributed by atoms with E-state index in [4.69, 9.17) is 14.6 Å². The molecule has 0 radical (unpaired) electrons. The van der Waals surface area contributed by atoms with Crippen molar-refractivity contribution in [3.8, 4) is 0 Å². The van der Waals surface area contributed by atoms with Gasteiger partial charge < -0.3 is 9.47 Å². The molecule has 0 unspecified atom stereocenters. The minimum Gasteiger partial charge on any atom is -0.468 e. The number of halogens is 1. The number of carbonyl (C=O) groups excluding carboxylic acids is 2. The van der Waals surface area contributed by atoms with E-state index in [1.807, 2.05) is 0 Å². The summed E-state index contributed by atoms with van der Waals surface area (Å²) in [5.74, 6) is -1.99. The maximum atomic E-state index is 13.4. The van der Waals surface area contributed by atoms with Crippen LogP contribution in [-0.4, -0.2) is 39.6 Å². The fraction of sp³-hybridized carbons (Fsp3) is 0.250. The molecule has 1 aromatic carbocycles. The van der Waals surface area contributed by atoms with Crippen LogP contribution in [0.4, 0.5) is 4.39 Å². The lowest BCUT2D eigenvalue weighted by Crippen LogP contribution is -2.39. The van der Waals surface area contributed by atoms with Crippen LogP contribution in [0.1, 0.15) is 24.1 Å². The molecular weight excluding hydrogens is 415 g/mol. The van der Waals surface area contributed by atoms with Gasteiger partial charge in [-0.2, -0.15) is 0 Å². The van der Waals surface area contributed by atoms with Crippen molar-refractivity contribution in [2.75, 3.05) is 14.2 Å². The SMILES string of the molecule is COC(=O)C1(C(=O)OC)CC(c2ccc(F)cc2)=C(c2ccc(S(N)(=O)=O)cn2)C1. The van der Waals surface area contributed by atoms with Gasteiger partial charge >= 0.3 is 11.9 Å². The lowest BCUT2D eigenvalue weighted by Gasteiger charge is -2.23. The summed E-state index contributed by atoms with van der Waals surface area (Å²) < 4.78 is 46.2. The number of rotatable bonds is 5. The molecule has 3 rings (SSSR count). The summed E-state index contributed by atoms with van der Waals surface area (Å²) in [6.45, 7) is 0. The number of hydrogen-bond donors (Lipinski definition) is 1. The van der Waals surface area contributed by atoms with Crippen LogP contribution >= 0.6 is 0 Å². The van der Waals surface area contributed by atoms with E-state index in [0.29, 0.717) is 22.4 Å². The van der Waals surface area contributed by atoms with Gasteiger partial charge in [0.25, 0.3) is 0 Å². The van der Waals surface area contributed by atoms with Crippen LogP contribution in [0.3, 0.4) is 0 Å². The predicted molar refractivity (Wildman–Crippen MR) is 105 cm³/mol. The van der Waals surface area contributed by atoms with Crippen molar-refractivity contribution in [2.45, 2.75) is 17.7 Å². The number of nitrogens with zero attached hydrogens (tertiary/aromatic N) is 1. The van der Waals surface area contributed by atoms with E-state index in [-0.39, 0.29) is 17.7 Å². The van der Waals surface area contributed by atoms with Crippen molar-refractivity contribution >= 4 is 33.1 Å². The van der Waals surface area contributed by atoms with Gasteiger partial charge in [0.2, 0.25) is 10.0 Å². The summed E-state index contributed by atoms with van der Waals surface area (Å²) in [6, 6.07) is 8.27. The zero-order valence-electron chi connectivity index (χ0n) is 16.2. The number of benzene rings is 1. The molecule has 1 aromatic heterocycles. The first-order valence-electron chi connectivity index (χ1n) is 8.76. The predicted octanol–water partition coefficient (Wildman–Crippen LogP) is 1.91. The highest BCUT2D eigenvalue weighted by Gasteiger charge is 2.54. The quantitative estimate of drug-likeness (QED) is 0.563. The maximum absolute atomic E-state index is 13.4. The number of ether oxygens (including phenoxy) is 2. The fourth-order valence-corrected chi connectivity index (χ4v) is 4.00. The van der Waals surface area contributed by atoms with Crippen molar-refractivity contribution in [1.29, 1.82) is 0 Å². The largest absolute Gasteiger partial charge is 0.468 e.